The molecule has 0 saturated carbocycles. The van der Waals surface area contributed by atoms with Crippen LogP contribution in [0.4, 0.5) is 0 Å². The quantitative estimate of drug-likeness (QED) is 0.607. The van der Waals surface area contributed by atoms with Crippen molar-refractivity contribution in [2.45, 2.75) is 0 Å². The Balaban J connectivity index is 2.71. The molecule has 1 aromatic carbocycles. The first-order valence-corrected chi connectivity index (χ1v) is 5.36. The summed E-state index contributed by atoms with van der Waals surface area (Å²) in [5.41, 5.74) is 1.71. The van der Waals surface area contributed by atoms with E-state index in [2.05, 4.69) is 21.0 Å². The number of hydrogen-bond donors (Lipinski definition) is 0. The van der Waals surface area contributed by atoms with Gasteiger partial charge in [-0.3, -0.25) is 9.48 Å². The minimum atomic E-state index is 0.0867. The van der Waals surface area contributed by atoms with E-state index in [9.17, 15) is 4.79 Å². The van der Waals surface area contributed by atoms with Crippen LogP contribution >= 0.6 is 15.9 Å². The van der Waals surface area contributed by atoms with Crippen molar-refractivity contribution >= 4 is 32.6 Å². The van der Waals surface area contributed by atoms with Crippen molar-refractivity contribution in [3.05, 3.63) is 30.0 Å². The van der Waals surface area contributed by atoms with Crippen molar-refractivity contribution in [2.24, 2.45) is 7.05 Å². The zero-order valence-electron chi connectivity index (χ0n) is 7.70. The maximum Gasteiger partial charge on any atom is 0.174 e. The molecule has 1 aromatic heterocycles. The fourth-order valence-corrected chi connectivity index (χ4v) is 1.79. The van der Waals surface area contributed by atoms with Gasteiger partial charge in [0.2, 0.25) is 0 Å². The maximum absolute atomic E-state index is 11.6. The molecule has 2 aromatic rings. The van der Waals surface area contributed by atoms with Crippen LogP contribution in [0.15, 0.2) is 24.4 Å². The van der Waals surface area contributed by atoms with E-state index in [-0.39, 0.29) is 5.78 Å². The summed E-state index contributed by atoms with van der Waals surface area (Å²) in [7, 11) is 1.87. The number of carbonyl (C=O) groups excluding carboxylic acids is 1. The van der Waals surface area contributed by atoms with E-state index in [0.717, 1.165) is 16.5 Å². The number of Topliss-reactive ketones (excluding diaryl/α,β-unsaturated/α-hetero) is 1. The largest absolute Gasteiger partial charge is 0.293 e. The van der Waals surface area contributed by atoms with Crippen molar-refractivity contribution in [3.8, 4) is 0 Å². The van der Waals surface area contributed by atoms with E-state index in [1.54, 1.807) is 10.9 Å². The number of aryl methyl sites for hydroxylation is 1. The average molecular weight is 253 g/mol. The number of nitrogens with zero attached hydrogens (tertiary/aromatic N) is 2. The van der Waals surface area contributed by atoms with Crippen molar-refractivity contribution < 1.29 is 4.79 Å². The lowest BCUT2D eigenvalue weighted by Gasteiger charge is -1.99. The van der Waals surface area contributed by atoms with Crippen LogP contribution in [0, 0.1) is 0 Å². The lowest BCUT2D eigenvalue weighted by Crippen LogP contribution is -2.00. The predicted octanol–water partition coefficient (Wildman–Crippen LogP) is 2.15. The molecule has 2 rings (SSSR count). The molecule has 3 nitrogen and oxygen atoms in total. The van der Waals surface area contributed by atoms with Crippen molar-refractivity contribution in [2.75, 3.05) is 5.33 Å². The predicted molar refractivity (Wildman–Crippen MR) is 58.8 cm³/mol. The number of fused-ring (bicyclic) bond motifs is 1. The number of benzene rings is 1. The summed E-state index contributed by atoms with van der Waals surface area (Å²) in [5.74, 6) is 0.0867. The Hall–Kier alpha value is -1.16. The normalized spacial score (nSPS) is 10.7. The molecule has 1 heterocycles. The van der Waals surface area contributed by atoms with Crippen LogP contribution in [0.1, 0.15) is 10.4 Å². The molecule has 0 N–H and O–H groups in total. The first-order valence-electron chi connectivity index (χ1n) is 4.24. The van der Waals surface area contributed by atoms with E-state index in [4.69, 9.17) is 0 Å². The minimum absolute atomic E-state index is 0.0867. The van der Waals surface area contributed by atoms with Gasteiger partial charge in [0.05, 0.1) is 17.0 Å². The molecular formula is C10H9BrN2O. The molecule has 72 valence electrons. The molecule has 14 heavy (non-hydrogen) atoms. The highest BCUT2D eigenvalue weighted by atomic mass is 79.9. The van der Waals surface area contributed by atoms with Gasteiger partial charge >= 0.3 is 0 Å². The van der Waals surface area contributed by atoms with Gasteiger partial charge in [-0.2, -0.15) is 5.10 Å². The van der Waals surface area contributed by atoms with Crippen LogP contribution in [0.3, 0.4) is 0 Å². The van der Waals surface area contributed by atoms with Crippen molar-refractivity contribution in [1.82, 2.24) is 9.78 Å². The van der Waals surface area contributed by atoms with Gasteiger partial charge in [0.25, 0.3) is 0 Å². The summed E-state index contributed by atoms with van der Waals surface area (Å²) in [6.45, 7) is 0. The van der Waals surface area contributed by atoms with Crippen molar-refractivity contribution in [1.29, 1.82) is 0 Å². The van der Waals surface area contributed by atoms with Gasteiger partial charge in [-0.05, 0) is 6.07 Å². The number of carbonyl (C=O) groups is 1. The summed E-state index contributed by atoms with van der Waals surface area (Å²) in [4.78, 5) is 11.6. The smallest absolute Gasteiger partial charge is 0.174 e. The Kier molecular flexibility index (Phi) is 2.37. The van der Waals surface area contributed by atoms with Gasteiger partial charge in [-0.1, -0.05) is 28.1 Å². The second-order valence-corrected chi connectivity index (χ2v) is 3.62. The van der Waals surface area contributed by atoms with Crippen LogP contribution in [0.5, 0.6) is 0 Å². The molecule has 0 bridgehead atoms. The number of aromatic nitrogens is 2. The lowest BCUT2D eigenvalue weighted by molar-refractivity contribution is 0.102. The monoisotopic (exact) mass is 252 g/mol. The van der Waals surface area contributed by atoms with Gasteiger partial charge in [-0.25, -0.2) is 0 Å². The fourth-order valence-electron chi connectivity index (χ4n) is 1.49. The lowest BCUT2D eigenvalue weighted by atomic mass is 10.1. The number of halogens is 1. The molecule has 0 saturated heterocycles. The number of rotatable bonds is 2. The second kappa shape index (κ2) is 3.53. The summed E-state index contributed by atoms with van der Waals surface area (Å²) in [6.07, 6.45) is 1.73. The molecule has 0 spiro atoms. The highest BCUT2D eigenvalue weighted by Crippen LogP contribution is 2.18. The van der Waals surface area contributed by atoms with Crippen LogP contribution in [-0.2, 0) is 7.05 Å². The first-order chi connectivity index (χ1) is 6.74. The average Bonchev–Trinajstić information content (AvgIpc) is 2.59. The SMILES string of the molecule is Cn1ncc2c(C(=O)CBr)cccc21. The zero-order chi connectivity index (χ0) is 10.1. The van der Waals surface area contributed by atoms with E-state index < -0.39 is 0 Å². The Bertz CT molecular complexity index is 490. The molecule has 0 fully saturated rings. The standard InChI is InChI=1S/C10H9BrN2O/c1-13-9-4-2-3-7(10(14)5-11)8(9)6-12-13/h2-4,6H,5H2,1H3. The molecule has 0 amide bonds. The molecule has 0 unspecified atom stereocenters. The van der Waals surface area contributed by atoms with E-state index in [1.807, 2.05) is 25.2 Å². The molecule has 0 atom stereocenters. The highest BCUT2D eigenvalue weighted by Gasteiger charge is 2.10. The molecule has 0 aliphatic carbocycles. The van der Waals surface area contributed by atoms with E-state index in [0.29, 0.717) is 5.33 Å². The van der Waals surface area contributed by atoms with Gasteiger partial charge in [0.1, 0.15) is 0 Å². The fraction of sp³-hybridized carbons (Fsp3) is 0.200. The van der Waals surface area contributed by atoms with Gasteiger partial charge in [0, 0.05) is 18.0 Å². The van der Waals surface area contributed by atoms with E-state index >= 15 is 0 Å². The highest BCUT2D eigenvalue weighted by molar-refractivity contribution is 9.09. The summed E-state index contributed by atoms with van der Waals surface area (Å²) >= 11 is 3.17. The Labute approximate surface area is 89.8 Å². The zero-order valence-corrected chi connectivity index (χ0v) is 9.28. The number of ketones is 1. The number of hydrogen-bond acceptors (Lipinski definition) is 2. The van der Waals surface area contributed by atoms with Crippen LogP contribution < -0.4 is 0 Å². The third kappa shape index (κ3) is 1.35. The van der Waals surface area contributed by atoms with Gasteiger partial charge in [0.15, 0.2) is 5.78 Å². The minimum Gasteiger partial charge on any atom is -0.293 e. The Morgan fingerprint density at radius 2 is 2.36 bits per heavy atom. The molecule has 0 aliphatic heterocycles. The number of alkyl halides is 1. The molecular weight excluding hydrogens is 244 g/mol. The maximum atomic E-state index is 11.6. The Morgan fingerprint density at radius 3 is 3.07 bits per heavy atom. The summed E-state index contributed by atoms with van der Waals surface area (Å²) in [5, 5.41) is 5.39. The van der Waals surface area contributed by atoms with Crippen LogP contribution in [0.25, 0.3) is 10.9 Å². The second-order valence-electron chi connectivity index (χ2n) is 3.06. The van der Waals surface area contributed by atoms with Crippen LogP contribution in [0.2, 0.25) is 0 Å². The van der Waals surface area contributed by atoms with Gasteiger partial charge in [-0.15, -0.1) is 0 Å². The first kappa shape index (κ1) is 9.40. The molecule has 4 heteroatoms. The Morgan fingerprint density at radius 1 is 1.57 bits per heavy atom. The summed E-state index contributed by atoms with van der Waals surface area (Å²) in [6, 6.07) is 5.65. The van der Waals surface area contributed by atoms with Gasteiger partial charge < -0.3 is 0 Å². The topological polar surface area (TPSA) is 34.9 Å². The summed E-state index contributed by atoms with van der Waals surface area (Å²) < 4.78 is 1.76. The molecule has 0 aliphatic rings. The third-order valence-corrected chi connectivity index (χ3v) is 2.72. The van der Waals surface area contributed by atoms with Crippen LogP contribution in [-0.4, -0.2) is 20.9 Å². The molecule has 0 radical (unpaired) electrons. The van der Waals surface area contributed by atoms with E-state index in [1.165, 1.54) is 0 Å². The third-order valence-electron chi connectivity index (χ3n) is 2.21. The van der Waals surface area contributed by atoms with Crippen molar-refractivity contribution in [3.63, 3.8) is 0 Å².